The second-order valence-corrected chi connectivity index (χ2v) is 6.17. The third kappa shape index (κ3) is 5.17. The summed E-state index contributed by atoms with van der Waals surface area (Å²) in [6.07, 6.45) is 1.40. The number of benzene rings is 2. The van der Waals surface area contributed by atoms with Crippen LogP contribution in [0.25, 0.3) is 0 Å². The summed E-state index contributed by atoms with van der Waals surface area (Å²) in [6, 6.07) is 13.1. The van der Waals surface area contributed by atoms with Gasteiger partial charge >= 0.3 is 0 Å². The van der Waals surface area contributed by atoms with Gasteiger partial charge in [0, 0.05) is 11.3 Å². The molecule has 0 spiro atoms. The molecule has 3 rings (SSSR count). The van der Waals surface area contributed by atoms with Crippen LogP contribution in [0.5, 0.6) is 5.75 Å². The molecule has 1 aromatic heterocycles. The third-order valence-corrected chi connectivity index (χ3v) is 3.99. The number of carbonyl (C=O) groups excluding carboxylic acids is 2. The lowest BCUT2D eigenvalue weighted by atomic mass is 10.2. The second-order valence-electron chi connectivity index (χ2n) is 5.76. The van der Waals surface area contributed by atoms with Crippen LogP contribution in [0.4, 0.5) is 15.8 Å². The minimum atomic E-state index is -0.497. The van der Waals surface area contributed by atoms with Gasteiger partial charge in [-0.25, -0.2) is 4.39 Å². The van der Waals surface area contributed by atoms with Crippen LogP contribution < -0.4 is 20.7 Å². The van der Waals surface area contributed by atoms with Crippen molar-refractivity contribution in [3.63, 3.8) is 0 Å². The standard InChI is InChI=1S/C20H16FN3O4S/c1-27-16-9-8-14(22-19(26)17-3-2-10-28-17)11-15(16)23-20(29)24-18(25)12-4-6-13(21)7-5-12/h2-11H,1H3,(H,22,26)(H2,23,24,25,29). The van der Waals surface area contributed by atoms with Crippen LogP contribution in [0.2, 0.25) is 0 Å². The normalized spacial score (nSPS) is 10.1. The maximum atomic E-state index is 13.0. The largest absolute Gasteiger partial charge is 0.495 e. The van der Waals surface area contributed by atoms with E-state index < -0.39 is 17.6 Å². The highest BCUT2D eigenvalue weighted by Crippen LogP contribution is 2.28. The zero-order chi connectivity index (χ0) is 20.8. The fourth-order valence-electron chi connectivity index (χ4n) is 2.41. The van der Waals surface area contributed by atoms with Crippen molar-refractivity contribution in [3.05, 3.63) is 78.0 Å². The molecule has 0 unspecified atom stereocenters. The van der Waals surface area contributed by atoms with Gasteiger partial charge in [0.1, 0.15) is 11.6 Å². The van der Waals surface area contributed by atoms with E-state index in [4.69, 9.17) is 21.4 Å². The molecule has 3 aromatic rings. The van der Waals surface area contributed by atoms with Crippen molar-refractivity contribution in [2.24, 2.45) is 0 Å². The Morgan fingerprint density at radius 1 is 1.03 bits per heavy atom. The van der Waals surface area contributed by atoms with Crippen LogP contribution in [-0.2, 0) is 0 Å². The molecule has 0 radical (unpaired) electrons. The van der Waals surface area contributed by atoms with E-state index >= 15 is 0 Å². The number of nitrogens with one attached hydrogen (secondary N) is 3. The average molecular weight is 413 g/mol. The maximum Gasteiger partial charge on any atom is 0.291 e. The summed E-state index contributed by atoms with van der Waals surface area (Å²) in [5, 5.41) is 8.04. The first kappa shape index (κ1) is 20.0. The van der Waals surface area contributed by atoms with E-state index in [0.29, 0.717) is 17.1 Å². The molecule has 1 heterocycles. The molecule has 7 nitrogen and oxygen atoms in total. The molecule has 0 aliphatic carbocycles. The van der Waals surface area contributed by atoms with E-state index in [2.05, 4.69) is 16.0 Å². The molecular weight excluding hydrogens is 397 g/mol. The molecule has 9 heteroatoms. The van der Waals surface area contributed by atoms with E-state index in [1.807, 2.05) is 0 Å². The van der Waals surface area contributed by atoms with E-state index in [0.717, 1.165) is 0 Å². The molecule has 0 atom stereocenters. The molecule has 3 N–H and O–H groups in total. The maximum absolute atomic E-state index is 13.0. The van der Waals surface area contributed by atoms with Crippen LogP contribution in [0.1, 0.15) is 20.9 Å². The molecule has 0 bridgehead atoms. The number of halogens is 1. The summed E-state index contributed by atoms with van der Waals surface area (Å²) in [5.41, 5.74) is 1.14. The Morgan fingerprint density at radius 2 is 1.79 bits per heavy atom. The van der Waals surface area contributed by atoms with Gasteiger partial charge in [0.15, 0.2) is 10.9 Å². The first-order chi connectivity index (χ1) is 14.0. The molecule has 0 saturated carbocycles. The van der Waals surface area contributed by atoms with Gasteiger partial charge in [-0.2, -0.15) is 0 Å². The van der Waals surface area contributed by atoms with Crippen molar-refractivity contribution in [1.82, 2.24) is 5.32 Å². The number of furan rings is 1. The molecule has 0 aliphatic rings. The zero-order valence-corrected chi connectivity index (χ0v) is 16.0. The van der Waals surface area contributed by atoms with E-state index in [9.17, 15) is 14.0 Å². The van der Waals surface area contributed by atoms with Gasteiger partial charge < -0.3 is 19.8 Å². The summed E-state index contributed by atoms with van der Waals surface area (Å²) in [7, 11) is 1.47. The first-order valence-corrected chi connectivity index (χ1v) is 8.78. The number of hydrogen-bond donors (Lipinski definition) is 3. The van der Waals surface area contributed by atoms with Crippen molar-refractivity contribution >= 4 is 40.5 Å². The van der Waals surface area contributed by atoms with Crippen LogP contribution in [0, 0.1) is 5.82 Å². The van der Waals surface area contributed by atoms with Crippen LogP contribution in [-0.4, -0.2) is 24.0 Å². The predicted octanol–water partition coefficient (Wildman–Crippen LogP) is 3.81. The predicted molar refractivity (Wildman–Crippen MR) is 110 cm³/mol. The topological polar surface area (TPSA) is 92.6 Å². The fourth-order valence-corrected chi connectivity index (χ4v) is 2.62. The lowest BCUT2D eigenvalue weighted by molar-refractivity contribution is 0.0975. The Hall–Kier alpha value is -3.72. The van der Waals surface area contributed by atoms with Crippen molar-refractivity contribution in [3.8, 4) is 5.75 Å². The summed E-state index contributed by atoms with van der Waals surface area (Å²) >= 11 is 5.17. The van der Waals surface area contributed by atoms with Crippen LogP contribution in [0.3, 0.4) is 0 Å². The minimum absolute atomic E-state index is 0.00661. The Bertz CT molecular complexity index is 1040. The van der Waals surface area contributed by atoms with Crippen molar-refractivity contribution in [2.75, 3.05) is 17.7 Å². The van der Waals surface area contributed by atoms with Crippen LogP contribution in [0.15, 0.2) is 65.3 Å². The highest BCUT2D eigenvalue weighted by atomic mass is 32.1. The molecule has 29 heavy (non-hydrogen) atoms. The highest BCUT2D eigenvalue weighted by Gasteiger charge is 2.13. The van der Waals surface area contributed by atoms with Gasteiger partial charge in [-0.3, -0.25) is 14.9 Å². The smallest absolute Gasteiger partial charge is 0.291 e. The fraction of sp³-hybridized carbons (Fsp3) is 0.0500. The summed E-state index contributed by atoms with van der Waals surface area (Å²) < 4.78 is 23.3. The van der Waals surface area contributed by atoms with Crippen LogP contribution >= 0.6 is 12.2 Å². The number of hydrogen-bond acceptors (Lipinski definition) is 5. The number of ether oxygens (including phenoxy) is 1. The van der Waals surface area contributed by atoms with E-state index in [1.165, 1.54) is 43.7 Å². The van der Waals surface area contributed by atoms with Crippen molar-refractivity contribution in [2.45, 2.75) is 0 Å². The molecule has 0 fully saturated rings. The number of carbonyl (C=O) groups is 2. The first-order valence-electron chi connectivity index (χ1n) is 8.37. The molecule has 148 valence electrons. The minimum Gasteiger partial charge on any atom is -0.495 e. The SMILES string of the molecule is COc1ccc(NC(=O)c2ccco2)cc1NC(=S)NC(=O)c1ccc(F)cc1. The Morgan fingerprint density at radius 3 is 2.45 bits per heavy atom. The summed E-state index contributed by atoms with van der Waals surface area (Å²) in [4.78, 5) is 24.3. The lowest BCUT2D eigenvalue weighted by Crippen LogP contribution is -2.34. The molecular formula is C20H16FN3O4S. The quantitative estimate of drug-likeness (QED) is 0.551. The molecule has 2 aromatic carbocycles. The third-order valence-electron chi connectivity index (χ3n) is 3.78. The monoisotopic (exact) mass is 413 g/mol. The van der Waals surface area contributed by atoms with E-state index in [-0.39, 0.29) is 16.4 Å². The lowest BCUT2D eigenvalue weighted by Gasteiger charge is -2.14. The zero-order valence-electron chi connectivity index (χ0n) is 15.2. The number of amides is 2. The molecule has 2 amide bonds. The number of anilines is 2. The Labute approximate surface area is 170 Å². The van der Waals surface area contributed by atoms with Gasteiger partial charge in [-0.1, -0.05) is 0 Å². The Kier molecular flexibility index (Phi) is 6.20. The summed E-state index contributed by atoms with van der Waals surface area (Å²) in [6.45, 7) is 0. The Balaban J connectivity index is 1.69. The highest BCUT2D eigenvalue weighted by molar-refractivity contribution is 7.80. The van der Waals surface area contributed by atoms with Gasteiger partial charge in [-0.15, -0.1) is 0 Å². The van der Waals surface area contributed by atoms with Gasteiger partial charge in [0.2, 0.25) is 0 Å². The number of rotatable bonds is 5. The van der Waals surface area contributed by atoms with E-state index in [1.54, 1.807) is 24.3 Å². The van der Waals surface area contributed by atoms with Gasteiger partial charge in [0.25, 0.3) is 11.8 Å². The van der Waals surface area contributed by atoms with Gasteiger partial charge in [0.05, 0.1) is 19.1 Å². The number of methoxy groups -OCH3 is 1. The molecule has 0 saturated heterocycles. The molecule has 0 aliphatic heterocycles. The van der Waals surface area contributed by atoms with Crippen molar-refractivity contribution < 1.29 is 23.1 Å². The average Bonchev–Trinajstić information content (AvgIpc) is 3.23. The second kappa shape index (κ2) is 8.98. The number of thiocarbonyl (C=S) groups is 1. The van der Waals surface area contributed by atoms with Crippen molar-refractivity contribution in [1.29, 1.82) is 0 Å². The summed E-state index contributed by atoms with van der Waals surface area (Å²) in [5.74, 6) is -0.751. The van der Waals surface area contributed by atoms with Gasteiger partial charge in [-0.05, 0) is 66.8 Å².